The molecule has 2 aromatic rings. The van der Waals surface area contributed by atoms with Crippen molar-refractivity contribution in [2.75, 3.05) is 13.2 Å². The molecule has 28 heavy (non-hydrogen) atoms. The average Bonchev–Trinajstić information content (AvgIpc) is 2.73. The fourth-order valence-electron chi connectivity index (χ4n) is 2.79. The fraction of sp³-hybridized carbons (Fsp3) is 0.409. The SMILES string of the molecule is N#CN(CCCCCCCCCOc1ccccc1)C(N)=Nc1ccncc1. The van der Waals surface area contributed by atoms with Gasteiger partial charge in [-0.1, -0.05) is 50.3 Å². The monoisotopic (exact) mass is 379 g/mol. The summed E-state index contributed by atoms with van der Waals surface area (Å²) in [6, 6.07) is 13.5. The van der Waals surface area contributed by atoms with Gasteiger partial charge in [0.25, 0.3) is 0 Å². The van der Waals surface area contributed by atoms with Crippen LogP contribution in [-0.4, -0.2) is 29.0 Å². The van der Waals surface area contributed by atoms with Crippen molar-refractivity contribution in [3.8, 4) is 11.9 Å². The van der Waals surface area contributed by atoms with Crippen LogP contribution < -0.4 is 10.5 Å². The Balaban J connectivity index is 1.50. The van der Waals surface area contributed by atoms with Crippen molar-refractivity contribution in [2.24, 2.45) is 10.7 Å². The molecular weight excluding hydrogens is 350 g/mol. The van der Waals surface area contributed by atoms with Crippen molar-refractivity contribution >= 4 is 11.6 Å². The first kappa shape index (κ1) is 21.2. The summed E-state index contributed by atoms with van der Waals surface area (Å²) in [5.41, 5.74) is 6.63. The first-order valence-electron chi connectivity index (χ1n) is 9.89. The molecule has 2 rings (SSSR count). The van der Waals surface area contributed by atoms with Gasteiger partial charge in [-0.05, 0) is 37.1 Å². The normalized spacial score (nSPS) is 11.0. The number of aromatic nitrogens is 1. The van der Waals surface area contributed by atoms with E-state index < -0.39 is 0 Å². The first-order valence-corrected chi connectivity index (χ1v) is 9.89. The number of benzene rings is 1. The summed E-state index contributed by atoms with van der Waals surface area (Å²) >= 11 is 0. The highest BCUT2D eigenvalue weighted by atomic mass is 16.5. The van der Waals surface area contributed by atoms with Crippen molar-refractivity contribution < 1.29 is 4.74 Å². The number of nitrogens with zero attached hydrogens (tertiary/aromatic N) is 4. The molecule has 0 fully saturated rings. The molecule has 2 N–H and O–H groups in total. The topological polar surface area (TPSA) is 87.5 Å². The number of hydrogen-bond donors (Lipinski definition) is 1. The molecule has 0 spiro atoms. The number of para-hydroxylation sites is 1. The molecule has 0 aliphatic rings. The summed E-state index contributed by atoms with van der Waals surface area (Å²) in [5, 5.41) is 9.27. The average molecular weight is 380 g/mol. The van der Waals surface area contributed by atoms with Gasteiger partial charge in [-0.3, -0.25) is 4.98 Å². The van der Waals surface area contributed by atoms with E-state index >= 15 is 0 Å². The van der Waals surface area contributed by atoms with Gasteiger partial charge in [0.15, 0.2) is 6.19 Å². The molecule has 6 heteroatoms. The molecule has 0 unspecified atom stereocenters. The summed E-state index contributed by atoms with van der Waals surface area (Å²) in [5.74, 6) is 1.17. The molecule has 0 saturated heterocycles. The lowest BCUT2D eigenvalue weighted by atomic mass is 10.1. The fourth-order valence-corrected chi connectivity index (χ4v) is 2.79. The molecule has 1 aromatic heterocycles. The lowest BCUT2D eigenvalue weighted by Crippen LogP contribution is -2.34. The maximum absolute atomic E-state index is 9.27. The van der Waals surface area contributed by atoms with E-state index in [0.717, 1.165) is 31.6 Å². The smallest absolute Gasteiger partial charge is 0.209 e. The molecule has 148 valence electrons. The second kappa shape index (κ2) is 13.2. The highest BCUT2D eigenvalue weighted by molar-refractivity contribution is 5.82. The Morgan fingerprint density at radius 1 is 0.964 bits per heavy atom. The molecule has 1 aromatic carbocycles. The second-order valence-electron chi connectivity index (χ2n) is 6.56. The third-order valence-corrected chi connectivity index (χ3v) is 4.34. The van der Waals surface area contributed by atoms with Crippen molar-refractivity contribution in [3.63, 3.8) is 0 Å². The van der Waals surface area contributed by atoms with Gasteiger partial charge in [0.2, 0.25) is 5.96 Å². The number of hydrogen-bond acceptors (Lipinski definition) is 4. The van der Waals surface area contributed by atoms with Crippen LogP contribution in [0.1, 0.15) is 44.9 Å². The number of nitrogens with two attached hydrogens (primary N) is 1. The molecule has 0 saturated carbocycles. The minimum atomic E-state index is 0.229. The summed E-state index contributed by atoms with van der Waals surface area (Å²) < 4.78 is 5.69. The van der Waals surface area contributed by atoms with E-state index in [2.05, 4.69) is 16.2 Å². The first-order chi connectivity index (χ1) is 13.8. The van der Waals surface area contributed by atoms with Crippen LogP contribution in [0.2, 0.25) is 0 Å². The Bertz CT molecular complexity index is 728. The van der Waals surface area contributed by atoms with Crippen LogP contribution >= 0.6 is 0 Å². The Hall–Kier alpha value is -3.07. The largest absolute Gasteiger partial charge is 0.494 e. The summed E-state index contributed by atoms with van der Waals surface area (Å²) in [7, 11) is 0. The zero-order valence-corrected chi connectivity index (χ0v) is 16.3. The van der Waals surface area contributed by atoms with Crippen molar-refractivity contribution in [3.05, 3.63) is 54.9 Å². The second-order valence-corrected chi connectivity index (χ2v) is 6.56. The molecule has 0 radical (unpaired) electrons. The predicted octanol–water partition coefficient (Wildman–Crippen LogP) is 4.62. The highest BCUT2D eigenvalue weighted by Gasteiger charge is 2.06. The van der Waals surface area contributed by atoms with Gasteiger partial charge < -0.3 is 10.5 Å². The van der Waals surface area contributed by atoms with E-state index in [1.54, 1.807) is 24.5 Å². The Labute approximate surface area is 167 Å². The van der Waals surface area contributed by atoms with E-state index in [9.17, 15) is 5.26 Å². The van der Waals surface area contributed by atoms with E-state index in [-0.39, 0.29) is 5.96 Å². The summed E-state index contributed by atoms with van der Waals surface area (Å²) in [6.07, 6.45) is 13.3. The molecule has 0 aliphatic carbocycles. The minimum Gasteiger partial charge on any atom is -0.494 e. The quantitative estimate of drug-likeness (QED) is 0.191. The van der Waals surface area contributed by atoms with E-state index in [1.807, 2.05) is 30.3 Å². The number of rotatable bonds is 12. The lowest BCUT2D eigenvalue weighted by Gasteiger charge is -2.14. The summed E-state index contributed by atoms with van der Waals surface area (Å²) in [6.45, 7) is 1.37. The van der Waals surface area contributed by atoms with Crippen LogP contribution in [0.3, 0.4) is 0 Å². The number of ether oxygens (including phenoxy) is 1. The molecule has 0 bridgehead atoms. The van der Waals surface area contributed by atoms with Gasteiger partial charge in [0.1, 0.15) is 5.75 Å². The van der Waals surface area contributed by atoms with Crippen molar-refractivity contribution in [2.45, 2.75) is 44.9 Å². The molecule has 0 aliphatic heterocycles. The van der Waals surface area contributed by atoms with Crippen LogP contribution in [0.4, 0.5) is 5.69 Å². The minimum absolute atomic E-state index is 0.229. The molecule has 0 atom stereocenters. The maximum Gasteiger partial charge on any atom is 0.209 e. The molecular formula is C22H29N5O. The van der Waals surface area contributed by atoms with Gasteiger partial charge >= 0.3 is 0 Å². The van der Waals surface area contributed by atoms with Gasteiger partial charge in [-0.15, -0.1) is 0 Å². The van der Waals surface area contributed by atoms with Crippen LogP contribution in [0, 0.1) is 11.5 Å². The zero-order valence-electron chi connectivity index (χ0n) is 16.3. The number of guanidine groups is 1. The third kappa shape index (κ3) is 8.54. The van der Waals surface area contributed by atoms with E-state index in [1.165, 1.54) is 30.6 Å². The highest BCUT2D eigenvalue weighted by Crippen LogP contribution is 2.12. The predicted molar refractivity (Wildman–Crippen MR) is 112 cm³/mol. The van der Waals surface area contributed by atoms with Gasteiger partial charge in [0, 0.05) is 18.9 Å². The van der Waals surface area contributed by atoms with Gasteiger partial charge in [-0.2, -0.15) is 5.26 Å². The van der Waals surface area contributed by atoms with Crippen molar-refractivity contribution in [1.82, 2.24) is 9.88 Å². The Morgan fingerprint density at radius 2 is 1.61 bits per heavy atom. The van der Waals surface area contributed by atoms with Crippen LogP contribution in [0.25, 0.3) is 0 Å². The third-order valence-electron chi connectivity index (χ3n) is 4.34. The number of unbranched alkanes of at least 4 members (excludes halogenated alkanes) is 6. The lowest BCUT2D eigenvalue weighted by molar-refractivity contribution is 0.304. The molecule has 0 amide bonds. The number of pyridine rings is 1. The van der Waals surface area contributed by atoms with Crippen LogP contribution in [-0.2, 0) is 0 Å². The molecule has 6 nitrogen and oxygen atoms in total. The maximum atomic E-state index is 9.27. The standard InChI is InChI=1S/C22H29N5O/c23-19-27(22(24)26-20-13-15-25-16-14-20)17-9-4-2-1-3-5-10-18-28-21-11-7-6-8-12-21/h6-8,11-16H,1-5,9-10,17-18H2,(H2,24,25,26). The zero-order chi connectivity index (χ0) is 19.9. The summed E-state index contributed by atoms with van der Waals surface area (Å²) in [4.78, 5) is 9.64. The number of nitriles is 1. The van der Waals surface area contributed by atoms with Gasteiger partial charge in [-0.25, -0.2) is 9.89 Å². The Morgan fingerprint density at radius 3 is 2.29 bits per heavy atom. The van der Waals surface area contributed by atoms with Crippen LogP contribution in [0.15, 0.2) is 59.9 Å². The Kier molecular flexibility index (Phi) is 9.97. The van der Waals surface area contributed by atoms with E-state index in [0.29, 0.717) is 12.2 Å². The van der Waals surface area contributed by atoms with Crippen LogP contribution in [0.5, 0.6) is 5.75 Å². The number of aliphatic imine (C=N–C) groups is 1. The van der Waals surface area contributed by atoms with E-state index in [4.69, 9.17) is 10.5 Å². The van der Waals surface area contributed by atoms with Crippen molar-refractivity contribution in [1.29, 1.82) is 5.26 Å². The van der Waals surface area contributed by atoms with Gasteiger partial charge in [0.05, 0.1) is 12.3 Å². The molecule has 1 heterocycles.